The topological polar surface area (TPSA) is 96.4 Å². The van der Waals surface area contributed by atoms with Gasteiger partial charge in [-0.25, -0.2) is 14.2 Å². The number of H-pyrrole nitrogens is 1. The number of hydrogen-bond acceptors (Lipinski definition) is 5. The molecule has 0 radical (unpaired) electrons. The van der Waals surface area contributed by atoms with Crippen LogP contribution in [0.1, 0.15) is 21.5 Å². The second kappa shape index (κ2) is 7.40. The number of carbonyl (C=O) groups excluding carboxylic acids is 2. The van der Waals surface area contributed by atoms with Crippen molar-refractivity contribution in [3.8, 4) is 0 Å². The lowest BCUT2D eigenvalue weighted by Gasteiger charge is -2.17. The SMILES string of the molecule is O=C(Nc1nc2ccc(C3=NCC(=O)c4cccc(F)c43)cc2[nH]1)OCCCl. The third kappa shape index (κ3) is 3.34. The quantitative estimate of drug-likeness (QED) is 0.655. The zero-order chi connectivity index (χ0) is 19.7. The van der Waals surface area contributed by atoms with Crippen LogP contribution in [0.15, 0.2) is 41.4 Å². The third-order valence-corrected chi connectivity index (χ3v) is 4.37. The maximum Gasteiger partial charge on any atom is 0.414 e. The van der Waals surface area contributed by atoms with Gasteiger partial charge in [0.2, 0.25) is 5.95 Å². The Hall–Kier alpha value is -3.26. The Morgan fingerprint density at radius 3 is 3.00 bits per heavy atom. The molecule has 1 amide bonds. The van der Waals surface area contributed by atoms with Crippen LogP contribution in [-0.2, 0) is 4.74 Å². The minimum Gasteiger partial charge on any atom is -0.448 e. The first kappa shape index (κ1) is 18.1. The highest BCUT2D eigenvalue weighted by Crippen LogP contribution is 2.25. The highest BCUT2D eigenvalue weighted by molar-refractivity contribution is 6.22. The van der Waals surface area contributed by atoms with Crippen LogP contribution in [0.5, 0.6) is 0 Å². The Morgan fingerprint density at radius 2 is 2.18 bits per heavy atom. The monoisotopic (exact) mass is 400 g/mol. The fourth-order valence-corrected chi connectivity index (χ4v) is 3.11. The number of amides is 1. The first-order valence-electron chi connectivity index (χ1n) is 8.43. The average Bonchev–Trinajstić information content (AvgIpc) is 3.08. The molecule has 1 aliphatic rings. The third-order valence-electron chi connectivity index (χ3n) is 4.22. The van der Waals surface area contributed by atoms with Crippen LogP contribution in [0, 0.1) is 5.82 Å². The first-order valence-corrected chi connectivity index (χ1v) is 8.96. The van der Waals surface area contributed by atoms with Gasteiger partial charge in [0, 0.05) is 16.7 Å². The van der Waals surface area contributed by atoms with Crippen molar-refractivity contribution >= 4 is 46.2 Å². The lowest BCUT2D eigenvalue weighted by atomic mass is 9.92. The van der Waals surface area contributed by atoms with Gasteiger partial charge >= 0.3 is 6.09 Å². The van der Waals surface area contributed by atoms with E-state index in [0.717, 1.165) is 0 Å². The smallest absolute Gasteiger partial charge is 0.414 e. The number of ketones is 1. The van der Waals surface area contributed by atoms with E-state index in [1.54, 1.807) is 24.3 Å². The van der Waals surface area contributed by atoms with E-state index in [1.807, 2.05) is 0 Å². The van der Waals surface area contributed by atoms with Crippen molar-refractivity contribution in [3.63, 3.8) is 0 Å². The number of hydrogen-bond donors (Lipinski definition) is 2. The average molecular weight is 401 g/mol. The maximum absolute atomic E-state index is 14.4. The number of nitrogens with zero attached hydrogens (tertiary/aromatic N) is 2. The van der Waals surface area contributed by atoms with Crippen LogP contribution >= 0.6 is 11.6 Å². The predicted octanol–water partition coefficient (Wildman–Crippen LogP) is 3.52. The Morgan fingerprint density at radius 1 is 1.32 bits per heavy atom. The van der Waals surface area contributed by atoms with Gasteiger partial charge in [0.15, 0.2) is 5.78 Å². The second-order valence-corrected chi connectivity index (χ2v) is 6.40. The molecule has 2 N–H and O–H groups in total. The van der Waals surface area contributed by atoms with E-state index < -0.39 is 11.9 Å². The molecule has 0 saturated heterocycles. The molecule has 0 saturated carbocycles. The Labute approximate surface area is 163 Å². The van der Waals surface area contributed by atoms with Gasteiger partial charge in [-0.2, -0.15) is 0 Å². The van der Waals surface area contributed by atoms with Crippen molar-refractivity contribution in [2.75, 3.05) is 24.3 Å². The number of aromatic nitrogens is 2. The number of carbonyl (C=O) groups is 2. The van der Waals surface area contributed by atoms with Crippen LogP contribution in [0.3, 0.4) is 0 Å². The number of imidazole rings is 1. The van der Waals surface area contributed by atoms with Crippen molar-refractivity contribution in [2.45, 2.75) is 0 Å². The van der Waals surface area contributed by atoms with Crippen LogP contribution in [0.2, 0.25) is 0 Å². The summed E-state index contributed by atoms with van der Waals surface area (Å²) in [7, 11) is 0. The Balaban J connectivity index is 1.68. The summed E-state index contributed by atoms with van der Waals surface area (Å²) in [6, 6.07) is 9.60. The summed E-state index contributed by atoms with van der Waals surface area (Å²) in [5, 5.41) is 2.47. The zero-order valence-electron chi connectivity index (χ0n) is 14.5. The van der Waals surface area contributed by atoms with Crippen LogP contribution in [0.4, 0.5) is 15.1 Å². The van der Waals surface area contributed by atoms with E-state index in [2.05, 4.69) is 20.3 Å². The van der Waals surface area contributed by atoms with Crippen molar-refractivity contribution < 1.29 is 18.7 Å². The molecular weight excluding hydrogens is 387 g/mol. The summed E-state index contributed by atoms with van der Waals surface area (Å²) in [6.45, 7) is 0.0489. The highest BCUT2D eigenvalue weighted by atomic mass is 35.5. The van der Waals surface area contributed by atoms with Crippen LogP contribution < -0.4 is 5.32 Å². The Kier molecular flexibility index (Phi) is 4.79. The minimum absolute atomic E-state index is 0.0357. The summed E-state index contributed by atoms with van der Waals surface area (Å²) in [5.41, 5.74) is 2.76. The number of aliphatic imine (C=N–C) groups is 1. The fraction of sp³-hybridized carbons (Fsp3) is 0.158. The van der Waals surface area contributed by atoms with E-state index in [1.165, 1.54) is 12.1 Å². The molecule has 0 fully saturated rings. The first-order chi connectivity index (χ1) is 13.6. The van der Waals surface area contributed by atoms with Gasteiger partial charge in [-0.3, -0.25) is 15.1 Å². The van der Waals surface area contributed by atoms with Gasteiger partial charge in [-0.15, -0.1) is 11.6 Å². The summed E-state index contributed by atoms with van der Waals surface area (Å²) < 4.78 is 19.3. The number of alkyl halides is 1. The van der Waals surface area contributed by atoms with E-state index >= 15 is 0 Å². The van der Waals surface area contributed by atoms with E-state index in [0.29, 0.717) is 27.9 Å². The molecule has 2 aromatic carbocycles. The predicted molar refractivity (Wildman–Crippen MR) is 103 cm³/mol. The lowest BCUT2D eigenvalue weighted by molar-refractivity contribution is 0.0999. The number of fused-ring (bicyclic) bond motifs is 2. The number of halogens is 2. The van der Waals surface area contributed by atoms with Crippen molar-refractivity contribution in [3.05, 3.63) is 58.9 Å². The molecule has 1 aromatic heterocycles. The molecular formula is C19H14ClFN4O3. The summed E-state index contributed by atoms with van der Waals surface area (Å²) in [5.74, 6) is -0.320. The number of nitrogens with one attached hydrogen (secondary N) is 2. The van der Waals surface area contributed by atoms with Crippen molar-refractivity contribution in [1.29, 1.82) is 0 Å². The van der Waals surface area contributed by atoms with Gasteiger partial charge in [-0.1, -0.05) is 18.2 Å². The normalized spacial score (nSPS) is 13.2. The van der Waals surface area contributed by atoms with E-state index in [-0.39, 0.29) is 36.3 Å². The molecule has 1 aliphatic heterocycles. The van der Waals surface area contributed by atoms with Gasteiger partial charge in [0.05, 0.1) is 22.6 Å². The number of benzene rings is 2. The number of rotatable bonds is 4. The van der Waals surface area contributed by atoms with Gasteiger partial charge in [-0.05, 0) is 18.2 Å². The minimum atomic E-state index is -0.675. The van der Waals surface area contributed by atoms with E-state index in [4.69, 9.17) is 16.3 Å². The number of aromatic amines is 1. The molecule has 142 valence electrons. The number of ether oxygens (including phenoxy) is 1. The Bertz CT molecular complexity index is 1130. The van der Waals surface area contributed by atoms with Gasteiger partial charge in [0.1, 0.15) is 19.0 Å². The fourth-order valence-electron chi connectivity index (χ4n) is 3.03. The molecule has 28 heavy (non-hydrogen) atoms. The largest absolute Gasteiger partial charge is 0.448 e. The summed E-state index contributed by atoms with van der Waals surface area (Å²) >= 11 is 5.47. The summed E-state index contributed by atoms with van der Waals surface area (Å²) in [4.78, 5) is 35.2. The van der Waals surface area contributed by atoms with Gasteiger partial charge in [0.25, 0.3) is 0 Å². The lowest BCUT2D eigenvalue weighted by Crippen LogP contribution is -2.21. The molecule has 0 spiro atoms. The highest BCUT2D eigenvalue weighted by Gasteiger charge is 2.25. The van der Waals surface area contributed by atoms with Crippen LogP contribution in [0.25, 0.3) is 11.0 Å². The zero-order valence-corrected chi connectivity index (χ0v) is 15.2. The molecule has 9 heteroatoms. The number of Topliss-reactive ketones (excluding diaryl/α,β-unsaturated/α-hetero) is 1. The molecule has 0 aliphatic carbocycles. The second-order valence-electron chi connectivity index (χ2n) is 6.02. The summed E-state index contributed by atoms with van der Waals surface area (Å²) in [6.07, 6.45) is -0.675. The molecule has 0 unspecified atom stereocenters. The van der Waals surface area contributed by atoms with Gasteiger partial charge < -0.3 is 9.72 Å². The number of anilines is 1. The van der Waals surface area contributed by atoms with Crippen LogP contribution in [-0.4, -0.2) is 46.6 Å². The maximum atomic E-state index is 14.4. The van der Waals surface area contributed by atoms with E-state index in [9.17, 15) is 14.0 Å². The molecule has 0 bridgehead atoms. The van der Waals surface area contributed by atoms with Crippen molar-refractivity contribution in [2.24, 2.45) is 4.99 Å². The molecule has 7 nitrogen and oxygen atoms in total. The van der Waals surface area contributed by atoms with Crippen molar-refractivity contribution in [1.82, 2.24) is 9.97 Å². The molecule has 2 heterocycles. The molecule has 3 aromatic rings. The standard InChI is InChI=1S/C19H14ClFN4O3/c20-6-7-28-19(27)25-18-23-13-5-4-10(8-14(13)24-18)17-16-11(15(26)9-22-17)2-1-3-12(16)21/h1-5,8H,6-7,9H2,(H2,23,24,25,27). The molecule has 4 rings (SSSR count). The molecule has 0 atom stereocenters.